The fourth-order valence-electron chi connectivity index (χ4n) is 3.43. The molecule has 0 saturated heterocycles. The summed E-state index contributed by atoms with van der Waals surface area (Å²) in [6.45, 7) is 3.27. The van der Waals surface area contributed by atoms with Crippen molar-refractivity contribution < 1.29 is 19.1 Å². The number of anilines is 1. The SMILES string of the molecule is CCOC(=O)c1nn(-c2ccc(C)cc2)c(=O)cc1OCC(=O)Nc1cccc2ccccc12. The van der Waals surface area contributed by atoms with E-state index in [4.69, 9.17) is 9.47 Å². The third-order valence-corrected chi connectivity index (χ3v) is 5.07. The molecule has 0 unspecified atom stereocenters. The highest BCUT2D eigenvalue weighted by Crippen LogP contribution is 2.23. The molecular weight excluding hydrogens is 434 g/mol. The minimum atomic E-state index is -0.757. The van der Waals surface area contributed by atoms with Crippen molar-refractivity contribution in [2.75, 3.05) is 18.5 Å². The van der Waals surface area contributed by atoms with Gasteiger partial charge in [0.05, 0.1) is 18.4 Å². The Morgan fingerprint density at radius 2 is 1.74 bits per heavy atom. The molecule has 0 radical (unpaired) electrons. The second-order valence-corrected chi connectivity index (χ2v) is 7.53. The Balaban J connectivity index is 1.58. The van der Waals surface area contributed by atoms with E-state index < -0.39 is 24.0 Å². The molecule has 0 fully saturated rings. The summed E-state index contributed by atoms with van der Waals surface area (Å²) in [5, 5.41) is 8.83. The number of fused-ring (bicyclic) bond motifs is 1. The Labute approximate surface area is 195 Å². The van der Waals surface area contributed by atoms with Gasteiger partial charge in [-0.05, 0) is 37.4 Å². The minimum Gasteiger partial charge on any atom is -0.481 e. The number of hydrogen-bond donors (Lipinski definition) is 1. The van der Waals surface area contributed by atoms with Crippen molar-refractivity contribution in [2.24, 2.45) is 0 Å². The summed E-state index contributed by atoms with van der Waals surface area (Å²) in [6.07, 6.45) is 0. The number of hydrogen-bond acceptors (Lipinski definition) is 6. The molecule has 0 bridgehead atoms. The maximum absolute atomic E-state index is 12.7. The first-order valence-corrected chi connectivity index (χ1v) is 10.7. The second-order valence-electron chi connectivity index (χ2n) is 7.53. The molecule has 1 heterocycles. The lowest BCUT2D eigenvalue weighted by Gasteiger charge is -2.13. The van der Waals surface area contributed by atoms with Gasteiger partial charge < -0.3 is 14.8 Å². The second kappa shape index (κ2) is 9.99. The molecule has 0 saturated carbocycles. The van der Waals surface area contributed by atoms with Gasteiger partial charge in [-0.25, -0.2) is 4.79 Å². The number of ether oxygens (including phenoxy) is 2. The highest BCUT2D eigenvalue weighted by Gasteiger charge is 2.21. The van der Waals surface area contributed by atoms with E-state index in [1.54, 1.807) is 25.1 Å². The lowest BCUT2D eigenvalue weighted by Crippen LogP contribution is -2.27. The predicted octanol–water partition coefficient (Wildman–Crippen LogP) is 3.89. The number of nitrogens with zero attached hydrogens (tertiary/aromatic N) is 2. The van der Waals surface area contributed by atoms with Crippen LogP contribution in [0.15, 0.2) is 77.6 Å². The quantitative estimate of drug-likeness (QED) is 0.423. The van der Waals surface area contributed by atoms with Gasteiger partial charge in [-0.2, -0.15) is 9.78 Å². The molecule has 0 spiro atoms. The summed E-state index contributed by atoms with van der Waals surface area (Å²) in [7, 11) is 0. The molecule has 1 aromatic heterocycles. The van der Waals surface area contributed by atoms with E-state index in [-0.39, 0.29) is 18.1 Å². The summed E-state index contributed by atoms with van der Waals surface area (Å²) in [5.74, 6) is -1.33. The molecule has 1 amide bonds. The van der Waals surface area contributed by atoms with Crippen molar-refractivity contribution in [1.29, 1.82) is 0 Å². The van der Waals surface area contributed by atoms with E-state index >= 15 is 0 Å². The molecule has 0 aliphatic rings. The molecule has 3 aromatic carbocycles. The third-order valence-electron chi connectivity index (χ3n) is 5.07. The van der Waals surface area contributed by atoms with Gasteiger partial charge in [-0.3, -0.25) is 9.59 Å². The van der Waals surface area contributed by atoms with Gasteiger partial charge in [0.2, 0.25) is 5.69 Å². The van der Waals surface area contributed by atoms with Crippen molar-refractivity contribution in [2.45, 2.75) is 13.8 Å². The molecule has 1 N–H and O–H groups in total. The van der Waals surface area contributed by atoms with Crippen LogP contribution in [0.2, 0.25) is 0 Å². The topological polar surface area (TPSA) is 99.5 Å². The number of carbonyl (C=O) groups is 2. The maximum Gasteiger partial charge on any atom is 0.362 e. The third kappa shape index (κ3) is 4.96. The molecule has 4 aromatic rings. The maximum atomic E-state index is 12.7. The van der Waals surface area contributed by atoms with E-state index in [0.717, 1.165) is 27.1 Å². The lowest BCUT2D eigenvalue weighted by molar-refractivity contribution is -0.118. The summed E-state index contributed by atoms with van der Waals surface area (Å²) in [6, 6.07) is 21.4. The van der Waals surface area contributed by atoms with Crippen LogP contribution in [-0.4, -0.2) is 34.9 Å². The van der Waals surface area contributed by atoms with E-state index in [1.165, 1.54) is 0 Å². The lowest BCUT2D eigenvalue weighted by atomic mass is 10.1. The van der Waals surface area contributed by atoms with Gasteiger partial charge >= 0.3 is 5.97 Å². The number of nitrogens with one attached hydrogen (secondary N) is 1. The fourth-order valence-corrected chi connectivity index (χ4v) is 3.43. The summed E-state index contributed by atoms with van der Waals surface area (Å²) in [4.78, 5) is 37.8. The first-order chi connectivity index (χ1) is 16.5. The number of aryl methyl sites for hydroxylation is 1. The minimum absolute atomic E-state index is 0.116. The van der Waals surface area contributed by atoms with E-state index in [0.29, 0.717) is 11.4 Å². The van der Waals surface area contributed by atoms with Crippen LogP contribution >= 0.6 is 0 Å². The number of amides is 1. The summed E-state index contributed by atoms with van der Waals surface area (Å²) < 4.78 is 11.7. The fraction of sp³-hybridized carbons (Fsp3) is 0.154. The first-order valence-electron chi connectivity index (χ1n) is 10.7. The molecule has 4 rings (SSSR count). The highest BCUT2D eigenvalue weighted by atomic mass is 16.5. The first kappa shape index (κ1) is 22.7. The van der Waals surface area contributed by atoms with E-state index in [2.05, 4.69) is 10.4 Å². The van der Waals surface area contributed by atoms with Crippen molar-refractivity contribution in [3.05, 3.63) is 94.4 Å². The zero-order chi connectivity index (χ0) is 24.1. The van der Waals surface area contributed by atoms with Crippen LogP contribution < -0.4 is 15.6 Å². The number of benzene rings is 3. The Morgan fingerprint density at radius 1 is 1.00 bits per heavy atom. The van der Waals surface area contributed by atoms with Gasteiger partial charge in [0, 0.05) is 11.1 Å². The Morgan fingerprint density at radius 3 is 2.50 bits per heavy atom. The molecule has 0 atom stereocenters. The van der Waals surface area contributed by atoms with Gasteiger partial charge in [0.1, 0.15) is 0 Å². The Hall–Kier alpha value is -4.46. The van der Waals surface area contributed by atoms with Crippen LogP contribution in [0.4, 0.5) is 5.69 Å². The molecule has 8 heteroatoms. The zero-order valence-corrected chi connectivity index (χ0v) is 18.8. The number of aromatic nitrogens is 2. The van der Waals surface area contributed by atoms with Crippen molar-refractivity contribution in [3.8, 4) is 11.4 Å². The molecule has 34 heavy (non-hydrogen) atoms. The predicted molar refractivity (Wildman–Crippen MR) is 129 cm³/mol. The summed E-state index contributed by atoms with van der Waals surface area (Å²) >= 11 is 0. The van der Waals surface area contributed by atoms with Gasteiger partial charge in [-0.1, -0.05) is 54.1 Å². The zero-order valence-electron chi connectivity index (χ0n) is 18.8. The van der Waals surface area contributed by atoms with Crippen molar-refractivity contribution >= 4 is 28.3 Å². The van der Waals surface area contributed by atoms with Gasteiger partial charge in [0.15, 0.2) is 12.4 Å². The smallest absolute Gasteiger partial charge is 0.362 e. The molecule has 8 nitrogen and oxygen atoms in total. The highest BCUT2D eigenvalue weighted by molar-refractivity contribution is 6.02. The Bertz CT molecular complexity index is 1410. The van der Waals surface area contributed by atoms with Crippen LogP contribution in [0.3, 0.4) is 0 Å². The monoisotopic (exact) mass is 457 g/mol. The normalized spacial score (nSPS) is 10.6. The summed E-state index contributed by atoms with van der Waals surface area (Å²) in [5.41, 5.74) is 1.42. The van der Waals surface area contributed by atoms with Crippen LogP contribution in [0.25, 0.3) is 16.5 Å². The average molecular weight is 457 g/mol. The van der Waals surface area contributed by atoms with Crippen LogP contribution in [0, 0.1) is 6.92 Å². The van der Waals surface area contributed by atoms with Gasteiger partial charge in [0.25, 0.3) is 11.5 Å². The molecular formula is C26H23N3O5. The molecule has 0 aliphatic heterocycles. The average Bonchev–Trinajstić information content (AvgIpc) is 2.84. The van der Waals surface area contributed by atoms with Crippen LogP contribution in [-0.2, 0) is 9.53 Å². The standard InChI is InChI=1S/C26H23N3O5/c1-3-33-26(32)25-22(15-24(31)29(28-25)19-13-11-17(2)12-14-19)34-16-23(30)27-21-10-6-8-18-7-4-5-9-20(18)21/h4-15H,3,16H2,1-2H3,(H,27,30). The van der Waals surface area contributed by atoms with Crippen molar-refractivity contribution in [3.63, 3.8) is 0 Å². The molecule has 172 valence electrons. The van der Waals surface area contributed by atoms with Crippen molar-refractivity contribution in [1.82, 2.24) is 9.78 Å². The van der Waals surface area contributed by atoms with Crippen LogP contribution in [0.1, 0.15) is 23.0 Å². The van der Waals surface area contributed by atoms with E-state index in [1.807, 2.05) is 55.5 Å². The largest absolute Gasteiger partial charge is 0.481 e. The Kier molecular flexibility index (Phi) is 6.68. The van der Waals surface area contributed by atoms with Gasteiger partial charge in [-0.15, -0.1) is 0 Å². The van der Waals surface area contributed by atoms with Crippen LogP contribution in [0.5, 0.6) is 5.75 Å². The van der Waals surface area contributed by atoms with E-state index in [9.17, 15) is 14.4 Å². The molecule has 0 aliphatic carbocycles. The number of carbonyl (C=O) groups excluding carboxylic acids is 2. The number of rotatable bonds is 7. The number of esters is 1.